The molecule has 0 aliphatic heterocycles. The minimum absolute atomic E-state index is 0.0951. The van der Waals surface area contributed by atoms with Crippen LogP contribution in [0.5, 0.6) is 0 Å². The Morgan fingerprint density at radius 1 is 1.38 bits per heavy atom. The van der Waals surface area contributed by atoms with Crippen LogP contribution in [-0.2, 0) is 22.5 Å². The largest absolute Gasteiger partial charge is 0.481 e. The molecule has 0 aliphatic rings. The highest BCUT2D eigenvalue weighted by molar-refractivity contribution is 7.60. The standard InChI is InChI=1S/C5H11NO5P2/c1-3-9-13(8,10-4-2)11-12(7)5-6/h12H,3-4H2,1-2H3. The third kappa shape index (κ3) is 5.20. The summed E-state index contributed by atoms with van der Waals surface area (Å²) in [6, 6.07) is 0. The summed E-state index contributed by atoms with van der Waals surface area (Å²) in [6.07, 6.45) is 0. The quantitative estimate of drug-likeness (QED) is 0.646. The molecule has 13 heavy (non-hydrogen) atoms. The van der Waals surface area contributed by atoms with Gasteiger partial charge in [0.15, 0.2) is 5.81 Å². The number of hydrogen-bond donors (Lipinski definition) is 0. The molecule has 0 radical (unpaired) electrons. The third-order valence-corrected chi connectivity index (χ3v) is 3.75. The van der Waals surface area contributed by atoms with E-state index in [1.54, 1.807) is 13.8 Å². The molecule has 0 fully saturated rings. The minimum Gasteiger partial charge on any atom is -0.287 e. The first-order valence-electron chi connectivity index (χ1n) is 3.60. The highest BCUT2D eigenvalue weighted by Crippen LogP contribution is 2.55. The highest BCUT2D eigenvalue weighted by Gasteiger charge is 2.28. The first-order chi connectivity index (χ1) is 6.08. The molecule has 1 unspecified atom stereocenters. The van der Waals surface area contributed by atoms with Crippen LogP contribution in [-0.4, -0.2) is 13.2 Å². The molecular formula is C5H11NO5P2. The van der Waals surface area contributed by atoms with Gasteiger partial charge in [-0.05, 0) is 13.8 Å². The highest BCUT2D eigenvalue weighted by atomic mass is 31.2. The van der Waals surface area contributed by atoms with Crippen LogP contribution in [0.1, 0.15) is 13.8 Å². The molecule has 8 heteroatoms. The first-order valence-corrected chi connectivity index (χ1v) is 6.38. The fourth-order valence-corrected chi connectivity index (χ4v) is 2.63. The molecule has 0 bridgehead atoms. The maximum absolute atomic E-state index is 11.4. The van der Waals surface area contributed by atoms with Gasteiger partial charge in [0.1, 0.15) is 0 Å². The van der Waals surface area contributed by atoms with Crippen molar-refractivity contribution in [1.82, 2.24) is 0 Å². The van der Waals surface area contributed by atoms with Crippen molar-refractivity contribution in [3.8, 4) is 5.81 Å². The normalized spacial score (nSPS) is 13.6. The minimum atomic E-state index is -3.78. The summed E-state index contributed by atoms with van der Waals surface area (Å²) < 4.78 is 35.7. The number of nitriles is 1. The van der Waals surface area contributed by atoms with E-state index in [1.807, 2.05) is 0 Å². The van der Waals surface area contributed by atoms with Crippen LogP contribution in [0.4, 0.5) is 0 Å². The van der Waals surface area contributed by atoms with Crippen LogP contribution in [0.15, 0.2) is 0 Å². The third-order valence-electron chi connectivity index (χ3n) is 0.860. The van der Waals surface area contributed by atoms with Gasteiger partial charge in [0.2, 0.25) is 0 Å². The molecule has 0 rings (SSSR count). The van der Waals surface area contributed by atoms with E-state index in [9.17, 15) is 9.13 Å². The summed E-state index contributed by atoms with van der Waals surface area (Å²) in [5, 5.41) is 8.16. The Morgan fingerprint density at radius 3 is 2.15 bits per heavy atom. The molecule has 1 atom stereocenters. The zero-order valence-electron chi connectivity index (χ0n) is 7.35. The van der Waals surface area contributed by atoms with Crippen LogP contribution in [0, 0.1) is 11.1 Å². The predicted molar refractivity (Wildman–Crippen MR) is 46.6 cm³/mol. The first kappa shape index (κ1) is 12.8. The molecule has 0 saturated carbocycles. The van der Waals surface area contributed by atoms with Gasteiger partial charge in [-0.2, -0.15) is 5.26 Å². The number of rotatable bonds is 6. The summed E-state index contributed by atoms with van der Waals surface area (Å²) in [6.45, 7) is 3.35. The Morgan fingerprint density at radius 2 is 1.85 bits per heavy atom. The Bertz CT molecular complexity index is 250. The molecule has 6 nitrogen and oxygen atoms in total. The van der Waals surface area contributed by atoms with Gasteiger partial charge in [-0.3, -0.25) is 13.6 Å². The number of phosphoric ester groups is 1. The average molecular weight is 227 g/mol. The zero-order valence-corrected chi connectivity index (χ0v) is 9.24. The smallest absolute Gasteiger partial charge is 0.287 e. The van der Waals surface area contributed by atoms with E-state index < -0.39 is 15.9 Å². The molecule has 0 aromatic carbocycles. The van der Waals surface area contributed by atoms with Gasteiger partial charge in [0.25, 0.3) is 8.03 Å². The van der Waals surface area contributed by atoms with Gasteiger partial charge in [-0.1, -0.05) is 0 Å². The van der Waals surface area contributed by atoms with Gasteiger partial charge in [0, 0.05) is 0 Å². The van der Waals surface area contributed by atoms with Crippen LogP contribution in [0.3, 0.4) is 0 Å². The zero-order chi connectivity index (χ0) is 10.3. The Hall–Kier alpha value is -0.170. The van der Waals surface area contributed by atoms with E-state index >= 15 is 0 Å². The molecule has 0 heterocycles. The lowest BCUT2D eigenvalue weighted by molar-refractivity contribution is 0.171. The van der Waals surface area contributed by atoms with Crippen molar-refractivity contribution >= 4 is 15.9 Å². The van der Waals surface area contributed by atoms with Gasteiger partial charge < -0.3 is 0 Å². The van der Waals surface area contributed by atoms with E-state index in [0.29, 0.717) is 0 Å². The maximum Gasteiger partial charge on any atom is 0.481 e. The van der Waals surface area contributed by atoms with Crippen molar-refractivity contribution in [2.75, 3.05) is 13.2 Å². The fraction of sp³-hybridized carbons (Fsp3) is 0.800. The summed E-state index contributed by atoms with van der Waals surface area (Å²) in [4.78, 5) is 0. The number of phosphoric acid groups is 1. The Labute approximate surface area is 77.3 Å². The Balaban J connectivity index is 4.34. The lowest BCUT2D eigenvalue weighted by Crippen LogP contribution is -1.95. The fourth-order valence-electron chi connectivity index (χ4n) is 0.528. The van der Waals surface area contributed by atoms with Gasteiger partial charge in [-0.15, -0.1) is 0 Å². The topological polar surface area (TPSA) is 85.6 Å². The van der Waals surface area contributed by atoms with Crippen LogP contribution in [0.25, 0.3) is 0 Å². The van der Waals surface area contributed by atoms with E-state index in [1.165, 1.54) is 5.81 Å². The molecule has 0 aromatic rings. The predicted octanol–water partition coefficient (Wildman–Crippen LogP) is 2.14. The van der Waals surface area contributed by atoms with E-state index in [2.05, 4.69) is 13.4 Å². The Kier molecular flexibility index (Phi) is 6.23. The van der Waals surface area contributed by atoms with Crippen molar-refractivity contribution in [3.63, 3.8) is 0 Å². The van der Waals surface area contributed by atoms with Gasteiger partial charge in [0.05, 0.1) is 13.2 Å². The number of nitrogens with zero attached hydrogens (tertiary/aromatic N) is 1. The van der Waals surface area contributed by atoms with Gasteiger partial charge >= 0.3 is 7.82 Å². The van der Waals surface area contributed by atoms with Crippen LogP contribution in [0.2, 0.25) is 0 Å². The van der Waals surface area contributed by atoms with Crippen molar-refractivity contribution in [2.24, 2.45) is 0 Å². The van der Waals surface area contributed by atoms with Crippen molar-refractivity contribution in [3.05, 3.63) is 0 Å². The second-order valence-corrected chi connectivity index (χ2v) is 4.71. The van der Waals surface area contributed by atoms with Crippen LogP contribution >= 0.6 is 15.9 Å². The monoisotopic (exact) mass is 227 g/mol. The lowest BCUT2D eigenvalue weighted by Gasteiger charge is -2.13. The molecule has 0 amide bonds. The van der Waals surface area contributed by atoms with Crippen molar-refractivity contribution < 1.29 is 22.5 Å². The summed E-state index contributed by atoms with van der Waals surface area (Å²) in [5.74, 6) is 1.33. The second kappa shape index (κ2) is 6.31. The average Bonchev–Trinajstić information content (AvgIpc) is 2.04. The van der Waals surface area contributed by atoms with E-state index in [-0.39, 0.29) is 13.2 Å². The second-order valence-electron chi connectivity index (χ2n) is 1.77. The van der Waals surface area contributed by atoms with Crippen molar-refractivity contribution in [2.45, 2.75) is 13.8 Å². The molecule has 0 spiro atoms. The summed E-state index contributed by atoms with van der Waals surface area (Å²) in [7, 11) is -6.77. The van der Waals surface area contributed by atoms with Crippen LogP contribution < -0.4 is 0 Å². The van der Waals surface area contributed by atoms with Gasteiger partial charge in [-0.25, -0.2) is 8.88 Å². The molecule has 76 valence electrons. The maximum atomic E-state index is 11.4. The van der Waals surface area contributed by atoms with E-state index in [4.69, 9.17) is 5.26 Å². The molecule has 0 saturated heterocycles. The molecule has 0 N–H and O–H groups in total. The molecular weight excluding hydrogens is 216 g/mol. The summed E-state index contributed by atoms with van der Waals surface area (Å²) in [5.41, 5.74) is 0. The molecule has 0 aromatic heterocycles. The lowest BCUT2D eigenvalue weighted by atomic mass is 10.9. The number of hydrogen-bond acceptors (Lipinski definition) is 6. The van der Waals surface area contributed by atoms with Crippen molar-refractivity contribution in [1.29, 1.82) is 5.26 Å². The summed E-state index contributed by atoms with van der Waals surface area (Å²) >= 11 is 0. The molecule has 0 aliphatic carbocycles. The van der Waals surface area contributed by atoms with E-state index in [0.717, 1.165) is 0 Å². The SMILES string of the molecule is CCOP(=O)(OCC)O[PH](=O)C#N.